The number of nitrogens with one attached hydrogen (secondary N) is 1. The molecule has 1 aromatic heterocycles. The molecule has 1 aliphatic heterocycles. The number of carbonyl (C=O) groups excluding carboxylic acids is 1. The minimum absolute atomic E-state index is 0.0161. The van der Waals surface area contributed by atoms with E-state index < -0.39 is 0 Å². The van der Waals surface area contributed by atoms with Gasteiger partial charge in [0.2, 0.25) is 6.79 Å². The van der Waals surface area contributed by atoms with Gasteiger partial charge in [-0.05, 0) is 36.8 Å². The summed E-state index contributed by atoms with van der Waals surface area (Å²) < 4.78 is 10.6. The van der Waals surface area contributed by atoms with Crippen molar-refractivity contribution < 1.29 is 14.3 Å². The Labute approximate surface area is 133 Å². The van der Waals surface area contributed by atoms with Crippen LogP contribution in [0.3, 0.4) is 0 Å². The molecule has 0 atom stereocenters. The zero-order valence-electron chi connectivity index (χ0n) is 12.6. The van der Waals surface area contributed by atoms with Gasteiger partial charge in [0.15, 0.2) is 17.3 Å². The van der Waals surface area contributed by atoms with Gasteiger partial charge in [-0.25, -0.2) is 0 Å². The first-order valence-corrected chi connectivity index (χ1v) is 7.42. The van der Waals surface area contributed by atoms with Crippen molar-refractivity contribution in [1.29, 1.82) is 0 Å². The second-order valence-corrected chi connectivity index (χ2v) is 5.48. The third-order valence-corrected chi connectivity index (χ3v) is 3.96. The molecule has 1 aliphatic rings. The van der Waals surface area contributed by atoms with Gasteiger partial charge in [-0.15, -0.1) is 0 Å². The maximum Gasteiger partial charge on any atom is 0.231 e. The van der Waals surface area contributed by atoms with Crippen LogP contribution in [0.15, 0.2) is 48.5 Å². The molecule has 4 nitrogen and oxygen atoms in total. The van der Waals surface area contributed by atoms with Crippen LogP contribution < -0.4 is 9.47 Å². The zero-order valence-corrected chi connectivity index (χ0v) is 12.6. The Kier molecular flexibility index (Phi) is 3.15. The first-order valence-electron chi connectivity index (χ1n) is 7.42. The largest absolute Gasteiger partial charge is 0.454 e. The van der Waals surface area contributed by atoms with Gasteiger partial charge < -0.3 is 14.5 Å². The van der Waals surface area contributed by atoms with E-state index in [0.29, 0.717) is 5.75 Å². The van der Waals surface area contributed by atoms with Crippen LogP contribution in [0.2, 0.25) is 0 Å². The molecule has 0 radical (unpaired) electrons. The number of hydrogen-bond donors (Lipinski definition) is 1. The lowest BCUT2D eigenvalue weighted by Gasteiger charge is -1.98. The number of rotatable bonds is 3. The lowest BCUT2D eigenvalue weighted by atomic mass is 10.1. The number of benzene rings is 2. The standard InChI is InChI=1S/C19H15NO3/c1-12-19(14-4-2-3-5-15(14)20-12)16(21)8-6-13-7-9-17-18(10-13)23-11-22-17/h2-10,20H,11H2,1H3/b8-6+. The van der Waals surface area contributed by atoms with E-state index in [1.807, 2.05) is 49.4 Å². The molecule has 2 heterocycles. The number of carbonyl (C=O) groups is 1. The van der Waals surface area contributed by atoms with Gasteiger partial charge in [0, 0.05) is 16.6 Å². The summed E-state index contributed by atoms with van der Waals surface area (Å²) in [6.45, 7) is 2.16. The molecule has 0 saturated heterocycles. The Morgan fingerprint density at radius 2 is 1.96 bits per heavy atom. The maximum absolute atomic E-state index is 12.6. The Bertz CT molecular complexity index is 937. The molecule has 114 valence electrons. The van der Waals surface area contributed by atoms with E-state index in [4.69, 9.17) is 9.47 Å². The molecule has 0 unspecified atom stereocenters. The fourth-order valence-corrected chi connectivity index (χ4v) is 2.87. The molecule has 4 rings (SSSR count). The van der Waals surface area contributed by atoms with E-state index >= 15 is 0 Å². The van der Waals surface area contributed by atoms with Crippen molar-refractivity contribution in [1.82, 2.24) is 4.98 Å². The van der Waals surface area contributed by atoms with Crippen LogP contribution in [0, 0.1) is 6.92 Å². The average molecular weight is 305 g/mol. The predicted molar refractivity (Wildman–Crippen MR) is 89.0 cm³/mol. The molecular weight excluding hydrogens is 290 g/mol. The van der Waals surface area contributed by atoms with E-state index in [2.05, 4.69) is 4.98 Å². The highest BCUT2D eigenvalue weighted by molar-refractivity contribution is 6.15. The number of ether oxygens (including phenoxy) is 2. The van der Waals surface area contributed by atoms with Crippen molar-refractivity contribution in [3.05, 3.63) is 65.4 Å². The minimum atomic E-state index is -0.0161. The van der Waals surface area contributed by atoms with E-state index in [-0.39, 0.29) is 12.6 Å². The van der Waals surface area contributed by atoms with Crippen molar-refractivity contribution in [3.63, 3.8) is 0 Å². The Hall–Kier alpha value is -3.01. The number of aromatic nitrogens is 1. The van der Waals surface area contributed by atoms with Gasteiger partial charge in [-0.2, -0.15) is 0 Å². The molecular formula is C19H15NO3. The summed E-state index contributed by atoms with van der Waals surface area (Å²) in [5, 5.41) is 0.949. The summed E-state index contributed by atoms with van der Waals surface area (Å²) >= 11 is 0. The molecule has 0 aliphatic carbocycles. The Balaban J connectivity index is 1.65. The number of fused-ring (bicyclic) bond motifs is 2. The second kappa shape index (κ2) is 5.32. The average Bonchev–Trinajstić information content (AvgIpc) is 3.15. The number of ketones is 1. The lowest BCUT2D eigenvalue weighted by Crippen LogP contribution is -1.95. The van der Waals surface area contributed by atoms with Gasteiger partial charge in [-0.1, -0.05) is 30.3 Å². The highest BCUT2D eigenvalue weighted by Crippen LogP contribution is 2.33. The van der Waals surface area contributed by atoms with E-state index in [9.17, 15) is 4.79 Å². The van der Waals surface area contributed by atoms with Crippen molar-refractivity contribution in [2.75, 3.05) is 6.79 Å². The molecule has 0 fully saturated rings. The summed E-state index contributed by atoms with van der Waals surface area (Å²) in [5.74, 6) is 1.43. The molecule has 0 amide bonds. The molecule has 3 aromatic rings. The van der Waals surface area contributed by atoms with E-state index in [1.54, 1.807) is 12.2 Å². The minimum Gasteiger partial charge on any atom is -0.454 e. The van der Waals surface area contributed by atoms with Crippen LogP contribution in [0.1, 0.15) is 21.6 Å². The zero-order chi connectivity index (χ0) is 15.8. The summed E-state index contributed by atoms with van der Waals surface area (Å²) in [4.78, 5) is 15.8. The number of para-hydroxylation sites is 1. The number of H-pyrrole nitrogens is 1. The second-order valence-electron chi connectivity index (χ2n) is 5.48. The summed E-state index contributed by atoms with van der Waals surface area (Å²) in [5.41, 5.74) is 3.48. The van der Waals surface area contributed by atoms with Crippen LogP contribution in [0.5, 0.6) is 11.5 Å². The van der Waals surface area contributed by atoms with E-state index in [1.165, 1.54) is 0 Å². The van der Waals surface area contributed by atoms with Gasteiger partial charge in [-0.3, -0.25) is 4.79 Å². The van der Waals surface area contributed by atoms with Crippen LogP contribution in [0.4, 0.5) is 0 Å². The number of aromatic amines is 1. The first kappa shape index (κ1) is 13.6. The molecule has 0 spiro atoms. The number of allylic oxidation sites excluding steroid dienone is 1. The number of hydrogen-bond acceptors (Lipinski definition) is 3. The normalized spacial score (nSPS) is 13.1. The van der Waals surface area contributed by atoms with Crippen molar-refractivity contribution in [2.24, 2.45) is 0 Å². The fourth-order valence-electron chi connectivity index (χ4n) is 2.87. The molecule has 23 heavy (non-hydrogen) atoms. The predicted octanol–water partition coefficient (Wildman–Crippen LogP) is 4.10. The van der Waals surface area contributed by atoms with Crippen LogP contribution >= 0.6 is 0 Å². The molecule has 0 bridgehead atoms. The third kappa shape index (κ3) is 2.38. The summed E-state index contributed by atoms with van der Waals surface area (Å²) in [6, 6.07) is 13.4. The van der Waals surface area contributed by atoms with Gasteiger partial charge in [0.05, 0.1) is 5.56 Å². The highest BCUT2D eigenvalue weighted by atomic mass is 16.7. The smallest absolute Gasteiger partial charge is 0.231 e. The van der Waals surface area contributed by atoms with Gasteiger partial charge in [0.25, 0.3) is 0 Å². The Morgan fingerprint density at radius 3 is 2.87 bits per heavy atom. The summed E-state index contributed by atoms with van der Waals surface area (Å²) in [6.07, 6.45) is 3.39. The molecule has 4 heteroatoms. The molecule has 2 aromatic carbocycles. The van der Waals surface area contributed by atoms with Crippen LogP contribution in [-0.4, -0.2) is 17.6 Å². The summed E-state index contributed by atoms with van der Waals surface area (Å²) in [7, 11) is 0. The van der Waals surface area contributed by atoms with Crippen molar-refractivity contribution >= 4 is 22.8 Å². The fraction of sp³-hybridized carbons (Fsp3) is 0.105. The van der Waals surface area contributed by atoms with Crippen molar-refractivity contribution in [2.45, 2.75) is 6.92 Å². The third-order valence-electron chi connectivity index (χ3n) is 3.96. The van der Waals surface area contributed by atoms with Gasteiger partial charge >= 0.3 is 0 Å². The maximum atomic E-state index is 12.6. The SMILES string of the molecule is Cc1[nH]c2ccccc2c1C(=O)/C=C/c1ccc2c(c1)OCO2. The quantitative estimate of drug-likeness (QED) is 0.585. The topological polar surface area (TPSA) is 51.3 Å². The van der Waals surface area contributed by atoms with Crippen LogP contribution in [0.25, 0.3) is 17.0 Å². The molecule has 1 N–H and O–H groups in total. The van der Waals surface area contributed by atoms with Gasteiger partial charge in [0.1, 0.15) is 0 Å². The number of aryl methyl sites for hydroxylation is 1. The highest BCUT2D eigenvalue weighted by Gasteiger charge is 2.14. The van der Waals surface area contributed by atoms with E-state index in [0.717, 1.165) is 33.5 Å². The first-order chi connectivity index (χ1) is 11.2. The van der Waals surface area contributed by atoms with Crippen LogP contribution in [-0.2, 0) is 0 Å². The molecule has 0 saturated carbocycles. The Morgan fingerprint density at radius 1 is 1.13 bits per heavy atom. The van der Waals surface area contributed by atoms with Crippen molar-refractivity contribution in [3.8, 4) is 11.5 Å². The lowest BCUT2D eigenvalue weighted by molar-refractivity contribution is 0.104. The monoisotopic (exact) mass is 305 g/mol.